The van der Waals surface area contributed by atoms with Crippen LogP contribution in [0.3, 0.4) is 0 Å². The summed E-state index contributed by atoms with van der Waals surface area (Å²) in [6.07, 6.45) is 0.876. The summed E-state index contributed by atoms with van der Waals surface area (Å²) in [5, 5.41) is 11.7. The number of Topliss-reactive ketones (excluding diaryl/α,β-unsaturated/α-hetero) is 1. The minimum absolute atomic E-state index is 0.00725. The van der Waals surface area contributed by atoms with Gasteiger partial charge in [-0.25, -0.2) is 4.98 Å². The molecule has 1 aliphatic heterocycles. The number of benzene rings is 3. The molecule has 1 saturated heterocycles. The van der Waals surface area contributed by atoms with Crippen LogP contribution in [0.2, 0.25) is 0 Å². The van der Waals surface area contributed by atoms with Gasteiger partial charge in [-0.1, -0.05) is 36.5 Å². The highest BCUT2D eigenvalue weighted by Crippen LogP contribution is 2.44. The van der Waals surface area contributed by atoms with E-state index in [4.69, 9.17) is 9.47 Å². The maximum atomic E-state index is 13.4. The number of ketones is 1. The quantitative estimate of drug-likeness (QED) is 0.184. The first-order valence-electron chi connectivity index (χ1n) is 12.0. The van der Waals surface area contributed by atoms with E-state index < -0.39 is 17.7 Å². The third-order valence-electron chi connectivity index (χ3n) is 6.22. The predicted octanol–water partition coefficient (Wildman–Crippen LogP) is 6.03. The lowest BCUT2D eigenvalue weighted by Crippen LogP contribution is -2.29. The van der Waals surface area contributed by atoms with Gasteiger partial charge in [0, 0.05) is 5.56 Å². The number of rotatable bonds is 7. The largest absolute Gasteiger partial charge is 0.507 e. The highest BCUT2D eigenvalue weighted by Gasteiger charge is 2.48. The van der Waals surface area contributed by atoms with E-state index in [1.165, 1.54) is 16.2 Å². The van der Waals surface area contributed by atoms with Crippen molar-refractivity contribution < 1.29 is 24.2 Å². The average Bonchev–Trinajstić information content (AvgIpc) is 3.45. The van der Waals surface area contributed by atoms with Gasteiger partial charge in [0.15, 0.2) is 5.13 Å². The molecule has 1 amide bonds. The number of aliphatic hydroxyl groups is 1. The standard InChI is InChI=1S/C29H26N2O5S/c1-4-15-36-21-12-6-18(7-13-21)25-24(26(32)19-8-10-20(35-3)11-9-19)27(33)28(34)31(25)29-30-22-14-5-17(2)16-23(22)37-29/h5-14,16,25,32H,4,15H2,1-3H3/b26-24+. The van der Waals surface area contributed by atoms with Crippen molar-refractivity contribution in [3.63, 3.8) is 0 Å². The first-order chi connectivity index (χ1) is 17.9. The van der Waals surface area contributed by atoms with Crippen LogP contribution >= 0.6 is 11.3 Å². The molecule has 1 aromatic heterocycles. The van der Waals surface area contributed by atoms with Crippen molar-refractivity contribution in [3.05, 3.63) is 89.0 Å². The van der Waals surface area contributed by atoms with E-state index in [9.17, 15) is 14.7 Å². The van der Waals surface area contributed by atoms with Crippen LogP contribution in [0, 0.1) is 6.92 Å². The van der Waals surface area contributed by atoms with E-state index in [0.29, 0.717) is 34.4 Å². The smallest absolute Gasteiger partial charge is 0.301 e. The number of anilines is 1. The first kappa shape index (κ1) is 24.5. The van der Waals surface area contributed by atoms with E-state index in [-0.39, 0.29) is 11.3 Å². The van der Waals surface area contributed by atoms with Gasteiger partial charge in [0.1, 0.15) is 17.3 Å². The van der Waals surface area contributed by atoms with E-state index >= 15 is 0 Å². The molecular formula is C29H26N2O5S. The van der Waals surface area contributed by atoms with Crippen molar-refractivity contribution in [2.75, 3.05) is 18.6 Å². The van der Waals surface area contributed by atoms with E-state index in [2.05, 4.69) is 4.98 Å². The Balaban J connectivity index is 1.66. The molecule has 37 heavy (non-hydrogen) atoms. The molecule has 1 unspecified atom stereocenters. The van der Waals surface area contributed by atoms with Gasteiger partial charge in [-0.05, 0) is 73.0 Å². The van der Waals surface area contributed by atoms with Crippen molar-refractivity contribution in [1.29, 1.82) is 0 Å². The zero-order valence-electron chi connectivity index (χ0n) is 20.7. The van der Waals surface area contributed by atoms with E-state index in [0.717, 1.165) is 22.2 Å². The molecule has 8 heteroatoms. The third kappa shape index (κ3) is 4.56. The van der Waals surface area contributed by atoms with Gasteiger partial charge in [-0.2, -0.15) is 0 Å². The number of hydrogen-bond donors (Lipinski definition) is 1. The summed E-state index contributed by atoms with van der Waals surface area (Å²) in [5.74, 6) is -0.451. The number of carbonyl (C=O) groups is 2. The fourth-order valence-corrected chi connectivity index (χ4v) is 5.43. The van der Waals surface area contributed by atoms with Crippen molar-refractivity contribution in [2.45, 2.75) is 26.3 Å². The van der Waals surface area contributed by atoms with E-state index in [1.807, 2.05) is 44.2 Å². The number of hydrogen-bond acceptors (Lipinski definition) is 7. The van der Waals surface area contributed by atoms with Gasteiger partial charge in [-0.15, -0.1) is 0 Å². The average molecular weight is 515 g/mol. The number of amides is 1. The van der Waals surface area contributed by atoms with Crippen LogP contribution in [0.15, 0.2) is 72.3 Å². The molecule has 1 fully saturated rings. The molecule has 0 bridgehead atoms. The molecule has 5 rings (SSSR count). The van der Waals surface area contributed by atoms with Gasteiger partial charge in [-0.3, -0.25) is 14.5 Å². The first-order valence-corrected chi connectivity index (χ1v) is 12.8. The number of aromatic nitrogens is 1. The summed E-state index contributed by atoms with van der Waals surface area (Å²) in [5.41, 5.74) is 2.89. The lowest BCUT2D eigenvalue weighted by atomic mass is 9.95. The Labute approximate surface area is 218 Å². The van der Waals surface area contributed by atoms with Crippen molar-refractivity contribution in [2.24, 2.45) is 0 Å². The summed E-state index contributed by atoms with van der Waals surface area (Å²) in [4.78, 5) is 32.9. The van der Waals surface area contributed by atoms with Gasteiger partial charge in [0.2, 0.25) is 0 Å². The van der Waals surface area contributed by atoms with Gasteiger partial charge in [0.25, 0.3) is 5.78 Å². The molecule has 0 saturated carbocycles. The normalized spacial score (nSPS) is 16.9. The second kappa shape index (κ2) is 10.1. The molecule has 4 aromatic rings. The Bertz CT molecular complexity index is 1510. The minimum atomic E-state index is -0.857. The van der Waals surface area contributed by atoms with Crippen molar-refractivity contribution in [1.82, 2.24) is 4.98 Å². The van der Waals surface area contributed by atoms with Crippen LogP contribution in [0.1, 0.15) is 36.1 Å². The number of aliphatic hydroxyl groups excluding tert-OH is 1. The lowest BCUT2D eigenvalue weighted by Gasteiger charge is -2.23. The molecule has 7 nitrogen and oxygen atoms in total. The van der Waals surface area contributed by atoms with Crippen molar-refractivity contribution in [3.8, 4) is 11.5 Å². The summed E-state index contributed by atoms with van der Waals surface area (Å²) in [6, 6.07) is 18.9. The Morgan fingerprint density at radius 1 is 1.03 bits per heavy atom. The topological polar surface area (TPSA) is 89.0 Å². The van der Waals surface area contributed by atoms with Crippen LogP contribution in [0.4, 0.5) is 5.13 Å². The number of ether oxygens (including phenoxy) is 2. The van der Waals surface area contributed by atoms with Gasteiger partial charge in [0.05, 0.1) is 35.5 Å². The third-order valence-corrected chi connectivity index (χ3v) is 7.23. The maximum Gasteiger partial charge on any atom is 0.301 e. The minimum Gasteiger partial charge on any atom is -0.507 e. The lowest BCUT2D eigenvalue weighted by molar-refractivity contribution is -0.132. The molecule has 0 radical (unpaired) electrons. The highest BCUT2D eigenvalue weighted by atomic mass is 32.1. The van der Waals surface area contributed by atoms with Crippen LogP contribution in [0.5, 0.6) is 11.5 Å². The molecule has 1 N–H and O–H groups in total. The zero-order chi connectivity index (χ0) is 26.1. The summed E-state index contributed by atoms with van der Waals surface area (Å²) in [7, 11) is 1.55. The van der Waals surface area contributed by atoms with Crippen LogP contribution in [-0.2, 0) is 9.59 Å². The highest BCUT2D eigenvalue weighted by molar-refractivity contribution is 7.22. The molecule has 0 spiro atoms. The molecule has 2 heterocycles. The summed E-state index contributed by atoms with van der Waals surface area (Å²) >= 11 is 1.34. The predicted molar refractivity (Wildman–Crippen MR) is 144 cm³/mol. The number of fused-ring (bicyclic) bond motifs is 1. The second-order valence-corrected chi connectivity index (χ2v) is 9.79. The molecule has 188 valence electrons. The monoisotopic (exact) mass is 514 g/mol. The number of carbonyl (C=O) groups excluding carboxylic acids is 2. The van der Waals surface area contributed by atoms with Crippen molar-refractivity contribution >= 4 is 44.1 Å². The van der Waals surface area contributed by atoms with Crippen LogP contribution in [0.25, 0.3) is 16.0 Å². The van der Waals surface area contributed by atoms with E-state index in [1.54, 1.807) is 43.5 Å². The summed E-state index contributed by atoms with van der Waals surface area (Å²) < 4.78 is 11.8. The molecule has 1 atom stereocenters. The number of methoxy groups -OCH3 is 1. The van der Waals surface area contributed by atoms with Gasteiger partial charge < -0.3 is 14.6 Å². The summed E-state index contributed by atoms with van der Waals surface area (Å²) in [6.45, 7) is 4.60. The maximum absolute atomic E-state index is 13.4. The van der Waals surface area contributed by atoms with Gasteiger partial charge >= 0.3 is 5.91 Å². The van der Waals surface area contributed by atoms with Crippen LogP contribution in [-0.4, -0.2) is 35.5 Å². The molecule has 1 aliphatic rings. The molecule has 0 aliphatic carbocycles. The second-order valence-electron chi connectivity index (χ2n) is 8.78. The molecule has 3 aromatic carbocycles. The molecular weight excluding hydrogens is 488 g/mol. The van der Waals surface area contributed by atoms with Crippen LogP contribution < -0.4 is 14.4 Å². The number of aryl methyl sites for hydroxylation is 1. The number of nitrogens with zero attached hydrogens (tertiary/aromatic N) is 2. The SMILES string of the molecule is CCCOc1ccc(C2/C(=C(\O)c3ccc(OC)cc3)C(=O)C(=O)N2c2nc3ccc(C)cc3s2)cc1. The fourth-order valence-electron chi connectivity index (χ4n) is 4.34. The Hall–Kier alpha value is -4.17. The Morgan fingerprint density at radius 3 is 2.41 bits per heavy atom. The Kier molecular flexibility index (Phi) is 6.67. The fraction of sp³-hybridized carbons (Fsp3) is 0.207. The Morgan fingerprint density at radius 2 is 1.73 bits per heavy atom. The number of thiazole rings is 1. The zero-order valence-corrected chi connectivity index (χ0v) is 21.5.